The van der Waals surface area contributed by atoms with Crippen molar-refractivity contribution >= 4 is 0 Å². The summed E-state index contributed by atoms with van der Waals surface area (Å²) < 4.78 is 19.4. The van der Waals surface area contributed by atoms with Gasteiger partial charge >= 0.3 is 0 Å². The van der Waals surface area contributed by atoms with Gasteiger partial charge in [-0.15, -0.1) is 0 Å². The van der Waals surface area contributed by atoms with E-state index in [9.17, 15) is 4.39 Å². The van der Waals surface area contributed by atoms with Gasteiger partial charge in [0.2, 0.25) is 0 Å². The van der Waals surface area contributed by atoms with Crippen molar-refractivity contribution in [2.75, 3.05) is 6.54 Å². The molecular weight excluding hydrogens is 241 g/mol. The first-order valence-corrected chi connectivity index (χ1v) is 7.21. The summed E-state index contributed by atoms with van der Waals surface area (Å²) in [6.45, 7) is 4.97. The number of halogens is 1. The summed E-state index contributed by atoms with van der Waals surface area (Å²) in [6, 6.07) is 6.56. The first-order chi connectivity index (χ1) is 9.10. The number of hydrogen-bond acceptors (Lipinski definition) is 2. The monoisotopic (exact) mass is 265 g/mol. The van der Waals surface area contributed by atoms with Crippen LogP contribution < -0.4 is 5.73 Å². The molecule has 3 heteroatoms. The van der Waals surface area contributed by atoms with Crippen LogP contribution in [0.25, 0.3) is 0 Å². The van der Waals surface area contributed by atoms with Crippen LogP contribution in [-0.2, 0) is 4.74 Å². The van der Waals surface area contributed by atoms with E-state index in [2.05, 4.69) is 13.8 Å². The minimum atomic E-state index is -0.231. The minimum Gasteiger partial charge on any atom is -0.369 e. The fourth-order valence-corrected chi connectivity index (χ4v) is 2.83. The Balaban J connectivity index is 1.99. The molecule has 1 saturated carbocycles. The molecule has 0 heterocycles. The topological polar surface area (TPSA) is 35.2 Å². The van der Waals surface area contributed by atoms with E-state index in [0.29, 0.717) is 12.5 Å². The molecule has 1 fully saturated rings. The molecular formula is C16H24FNO. The van der Waals surface area contributed by atoms with Crippen molar-refractivity contribution in [2.45, 2.75) is 45.3 Å². The smallest absolute Gasteiger partial charge is 0.123 e. The Labute approximate surface area is 115 Å². The second kappa shape index (κ2) is 6.49. The molecule has 0 spiro atoms. The predicted octanol–water partition coefficient (Wildman–Crippen LogP) is 3.67. The Bertz CT molecular complexity index is 409. The first kappa shape index (κ1) is 14.5. The third kappa shape index (κ3) is 3.77. The number of ether oxygens (including phenoxy) is 1. The van der Waals surface area contributed by atoms with Crippen molar-refractivity contribution < 1.29 is 9.13 Å². The standard InChI is InChI=1S/C16H24FNO/c1-11-6-7-15(8-12(11)2)19-16(10-18)13-4-3-5-14(17)9-13/h3-5,9,11-12,15-16H,6-8,10,18H2,1-2H3. The van der Waals surface area contributed by atoms with E-state index in [1.807, 2.05) is 6.07 Å². The van der Waals surface area contributed by atoms with Crippen LogP contribution in [0.5, 0.6) is 0 Å². The number of hydrogen-bond donors (Lipinski definition) is 1. The molecule has 0 radical (unpaired) electrons. The zero-order valence-corrected chi connectivity index (χ0v) is 11.8. The lowest BCUT2D eigenvalue weighted by Gasteiger charge is -2.34. The van der Waals surface area contributed by atoms with Gasteiger partial charge < -0.3 is 10.5 Å². The van der Waals surface area contributed by atoms with Crippen molar-refractivity contribution in [3.05, 3.63) is 35.6 Å². The van der Waals surface area contributed by atoms with Gasteiger partial charge in [0.05, 0.1) is 12.2 Å². The molecule has 2 N–H and O–H groups in total. The van der Waals surface area contributed by atoms with Crippen LogP contribution in [0, 0.1) is 17.7 Å². The van der Waals surface area contributed by atoms with Crippen LogP contribution >= 0.6 is 0 Å². The second-order valence-corrected chi connectivity index (χ2v) is 5.81. The molecule has 0 aromatic heterocycles. The van der Waals surface area contributed by atoms with Crippen LogP contribution in [0.1, 0.15) is 44.8 Å². The molecule has 4 atom stereocenters. The maximum Gasteiger partial charge on any atom is 0.123 e. The minimum absolute atomic E-state index is 0.193. The molecule has 0 saturated heterocycles. The molecule has 106 valence electrons. The molecule has 4 unspecified atom stereocenters. The van der Waals surface area contributed by atoms with E-state index >= 15 is 0 Å². The van der Waals surface area contributed by atoms with Crippen LogP contribution in [0.15, 0.2) is 24.3 Å². The van der Waals surface area contributed by atoms with Gasteiger partial charge in [-0.05, 0) is 48.8 Å². The summed E-state index contributed by atoms with van der Waals surface area (Å²) in [7, 11) is 0. The number of benzene rings is 1. The largest absolute Gasteiger partial charge is 0.369 e. The highest BCUT2D eigenvalue weighted by molar-refractivity contribution is 5.19. The Kier molecular flexibility index (Phi) is 4.94. The fourth-order valence-electron chi connectivity index (χ4n) is 2.83. The molecule has 19 heavy (non-hydrogen) atoms. The molecule has 0 bridgehead atoms. The van der Waals surface area contributed by atoms with Gasteiger partial charge in [0.25, 0.3) is 0 Å². The third-order valence-corrected chi connectivity index (χ3v) is 4.34. The van der Waals surface area contributed by atoms with Crippen molar-refractivity contribution in [3.63, 3.8) is 0 Å². The van der Waals surface area contributed by atoms with Crippen LogP contribution in [-0.4, -0.2) is 12.6 Å². The Morgan fingerprint density at radius 2 is 2.11 bits per heavy atom. The van der Waals surface area contributed by atoms with E-state index < -0.39 is 0 Å². The highest BCUT2D eigenvalue weighted by Gasteiger charge is 2.27. The van der Waals surface area contributed by atoms with Crippen LogP contribution in [0.3, 0.4) is 0 Å². The Morgan fingerprint density at radius 1 is 1.32 bits per heavy atom. The zero-order valence-electron chi connectivity index (χ0n) is 11.8. The highest BCUT2D eigenvalue weighted by Crippen LogP contribution is 2.33. The zero-order chi connectivity index (χ0) is 13.8. The highest BCUT2D eigenvalue weighted by atomic mass is 19.1. The lowest BCUT2D eigenvalue weighted by atomic mass is 9.80. The summed E-state index contributed by atoms with van der Waals surface area (Å²) in [4.78, 5) is 0. The summed E-state index contributed by atoms with van der Waals surface area (Å²) in [5.74, 6) is 1.22. The van der Waals surface area contributed by atoms with Gasteiger partial charge in [-0.2, -0.15) is 0 Å². The summed E-state index contributed by atoms with van der Waals surface area (Å²) in [5, 5.41) is 0. The van der Waals surface area contributed by atoms with Crippen molar-refractivity contribution in [2.24, 2.45) is 17.6 Å². The average molecular weight is 265 g/mol. The van der Waals surface area contributed by atoms with Gasteiger partial charge in [0, 0.05) is 6.54 Å². The Hall–Kier alpha value is -0.930. The quantitative estimate of drug-likeness (QED) is 0.901. The van der Waals surface area contributed by atoms with Crippen molar-refractivity contribution in [1.82, 2.24) is 0 Å². The fraction of sp³-hybridized carbons (Fsp3) is 0.625. The van der Waals surface area contributed by atoms with Gasteiger partial charge in [-0.3, -0.25) is 0 Å². The third-order valence-electron chi connectivity index (χ3n) is 4.34. The normalized spacial score (nSPS) is 29.2. The molecule has 2 rings (SSSR count). The van der Waals surface area contributed by atoms with E-state index in [1.165, 1.54) is 18.6 Å². The van der Waals surface area contributed by atoms with Crippen LogP contribution in [0.2, 0.25) is 0 Å². The lowest BCUT2D eigenvalue weighted by molar-refractivity contribution is -0.0449. The maximum absolute atomic E-state index is 13.3. The summed E-state index contributed by atoms with van der Waals surface area (Å²) in [5.41, 5.74) is 6.63. The van der Waals surface area contributed by atoms with Crippen molar-refractivity contribution in [1.29, 1.82) is 0 Å². The maximum atomic E-state index is 13.3. The van der Waals surface area contributed by atoms with E-state index in [1.54, 1.807) is 6.07 Å². The second-order valence-electron chi connectivity index (χ2n) is 5.81. The first-order valence-electron chi connectivity index (χ1n) is 7.21. The summed E-state index contributed by atoms with van der Waals surface area (Å²) >= 11 is 0. The predicted molar refractivity (Wildman–Crippen MR) is 75.2 cm³/mol. The van der Waals surface area contributed by atoms with Gasteiger partial charge in [-0.1, -0.05) is 26.0 Å². The van der Waals surface area contributed by atoms with Gasteiger partial charge in [-0.25, -0.2) is 4.39 Å². The van der Waals surface area contributed by atoms with E-state index in [0.717, 1.165) is 24.3 Å². The lowest BCUT2D eigenvalue weighted by Crippen LogP contribution is -2.30. The van der Waals surface area contributed by atoms with Crippen molar-refractivity contribution in [3.8, 4) is 0 Å². The number of nitrogens with two attached hydrogens (primary N) is 1. The molecule has 1 aromatic carbocycles. The molecule has 0 aliphatic heterocycles. The van der Waals surface area contributed by atoms with Gasteiger partial charge in [0.1, 0.15) is 5.82 Å². The number of rotatable bonds is 4. The Morgan fingerprint density at radius 3 is 2.74 bits per heavy atom. The molecule has 1 aliphatic rings. The average Bonchev–Trinajstić information content (AvgIpc) is 2.40. The SMILES string of the molecule is CC1CCC(OC(CN)c2cccc(F)c2)CC1C. The molecule has 0 amide bonds. The van der Waals surface area contributed by atoms with Gasteiger partial charge in [0.15, 0.2) is 0 Å². The molecule has 1 aromatic rings. The molecule has 2 nitrogen and oxygen atoms in total. The van der Waals surface area contributed by atoms with E-state index in [-0.39, 0.29) is 18.0 Å². The van der Waals surface area contributed by atoms with Crippen LogP contribution in [0.4, 0.5) is 4.39 Å². The van der Waals surface area contributed by atoms with E-state index in [4.69, 9.17) is 10.5 Å². The molecule has 1 aliphatic carbocycles. The summed E-state index contributed by atoms with van der Waals surface area (Å²) in [6.07, 6.45) is 3.42.